The normalized spacial score (nSPS) is 19.3. The van der Waals surface area contributed by atoms with Crippen molar-refractivity contribution in [3.63, 3.8) is 0 Å². The zero-order valence-electron chi connectivity index (χ0n) is 12.4. The van der Waals surface area contributed by atoms with E-state index in [2.05, 4.69) is 17.1 Å². The van der Waals surface area contributed by atoms with Crippen molar-refractivity contribution in [3.05, 3.63) is 0 Å². The van der Waals surface area contributed by atoms with Gasteiger partial charge in [-0.3, -0.25) is 9.59 Å². The molecular weight excluding hydrogens is 242 g/mol. The van der Waals surface area contributed by atoms with Gasteiger partial charge in [0.1, 0.15) is 0 Å². The molecule has 1 N–H and O–H groups in total. The van der Waals surface area contributed by atoms with Crippen molar-refractivity contribution in [2.24, 2.45) is 5.92 Å². The van der Waals surface area contributed by atoms with Crippen molar-refractivity contribution in [1.82, 2.24) is 15.1 Å². The van der Waals surface area contributed by atoms with Crippen LogP contribution in [0, 0.1) is 5.92 Å². The lowest BCUT2D eigenvalue weighted by Gasteiger charge is -2.18. The van der Waals surface area contributed by atoms with Gasteiger partial charge in [-0.1, -0.05) is 13.3 Å². The maximum Gasteiger partial charge on any atom is 0.225 e. The fraction of sp³-hybridized carbons (Fsp3) is 0.857. The van der Waals surface area contributed by atoms with Gasteiger partial charge in [-0.15, -0.1) is 0 Å². The number of rotatable bonds is 8. The van der Waals surface area contributed by atoms with Crippen molar-refractivity contribution in [1.29, 1.82) is 0 Å². The maximum absolute atomic E-state index is 11.9. The molecule has 19 heavy (non-hydrogen) atoms. The summed E-state index contributed by atoms with van der Waals surface area (Å²) in [7, 11) is 4.05. The average Bonchev–Trinajstić information content (AvgIpc) is 2.71. The molecule has 1 rings (SSSR count). The van der Waals surface area contributed by atoms with Crippen LogP contribution in [-0.2, 0) is 9.59 Å². The Hall–Kier alpha value is -1.10. The van der Waals surface area contributed by atoms with Gasteiger partial charge >= 0.3 is 0 Å². The van der Waals surface area contributed by atoms with E-state index in [9.17, 15) is 9.59 Å². The van der Waals surface area contributed by atoms with Crippen LogP contribution in [0.5, 0.6) is 0 Å². The number of amides is 2. The molecule has 1 atom stereocenters. The first-order valence-corrected chi connectivity index (χ1v) is 7.24. The smallest absolute Gasteiger partial charge is 0.225 e. The first-order chi connectivity index (χ1) is 9.04. The minimum atomic E-state index is -0.149. The molecule has 0 radical (unpaired) electrons. The molecule has 5 heteroatoms. The van der Waals surface area contributed by atoms with Gasteiger partial charge in [0.05, 0.1) is 5.92 Å². The highest BCUT2D eigenvalue weighted by molar-refractivity contribution is 5.89. The topological polar surface area (TPSA) is 52.7 Å². The predicted octanol–water partition coefficient (Wildman–Crippen LogP) is 0.703. The molecule has 1 fully saturated rings. The molecule has 1 heterocycles. The summed E-state index contributed by atoms with van der Waals surface area (Å²) >= 11 is 0. The number of unbranched alkanes of at least 4 members (excludes halogenated alkanes) is 1. The van der Waals surface area contributed by atoms with Crippen molar-refractivity contribution >= 4 is 11.8 Å². The number of hydrogen-bond acceptors (Lipinski definition) is 3. The Morgan fingerprint density at radius 3 is 2.79 bits per heavy atom. The molecule has 0 aromatic heterocycles. The van der Waals surface area contributed by atoms with Gasteiger partial charge in [0.25, 0.3) is 0 Å². The van der Waals surface area contributed by atoms with Crippen LogP contribution in [0.3, 0.4) is 0 Å². The van der Waals surface area contributed by atoms with Gasteiger partial charge in [0, 0.05) is 26.1 Å². The van der Waals surface area contributed by atoms with Crippen LogP contribution in [0.4, 0.5) is 0 Å². The Kier molecular flexibility index (Phi) is 6.84. The molecule has 0 aromatic carbocycles. The fourth-order valence-corrected chi connectivity index (χ4v) is 2.27. The van der Waals surface area contributed by atoms with E-state index in [1.807, 2.05) is 19.0 Å². The molecule has 5 nitrogen and oxygen atoms in total. The van der Waals surface area contributed by atoms with Gasteiger partial charge in [-0.25, -0.2) is 0 Å². The second kappa shape index (κ2) is 8.15. The number of nitrogens with zero attached hydrogens (tertiary/aromatic N) is 2. The number of likely N-dealkylation sites (tertiary alicyclic amines) is 1. The largest absolute Gasteiger partial charge is 0.356 e. The van der Waals surface area contributed by atoms with Gasteiger partial charge in [-0.2, -0.15) is 0 Å². The first-order valence-electron chi connectivity index (χ1n) is 7.24. The molecule has 1 aliphatic heterocycles. The second-order valence-electron chi connectivity index (χ2n) is 5.54. The van der Waals surface area contributed by atoms with Crippen molar-refractivity contribution in [2.45, 2.75) is 32.6 Å². The van der Waals surface area contributed by atoms with Crippen LogP contribution < -0.4 is 5.32 Å². The van der Waals surface area contributed by atoms with Gasteiger partial charge in [0.2, 0.25) is 11.8 Å². The zero-order chi connectivity index (χ0) is 14.3. The number of hydrogen-bond donors (Lipinski definition) is 1. The summed E-state index contributed by atoms with van der Waals surface area (Å²) in [6, 6.07) is 0. The van der Waals surface area contributed by atoms with Crippen molar-refractivity contribution < 1.29 is 9.59 Å². The van der Waals surface area contributed by atoms with E-state index in [0.29, 0.717) is 13.0 Å². The molecule has 0 spiro atoms. The Morgan fingerprint density at radius 2 is 2.16 bits per heavy atom. The zero-order valence-corrected chi connectivity index (χ0v) is 12.4. The van der Waals surface area contributed by atoms with Crippen LogP contribution in [0.15, 0.2) is 0 Å². The average molecular weight is 269 g/mol. The SMILES string of the molecule is CCCCNC(=O)C1CC(=O)N(CCCN(C)C)C1. The van der Waals surface area contributed by atoms with Crippen molar-refractivity contribution in [2.75, 3.05) is 40.3 Å². The summed E-state index contributed by atoms with van der Waals surface area (Å²) < 4.78 is 0. The van der Waals surface area contributed by atoms with E-state index in [-0.39, 0.29) is 17.7 Å². The van der Waals surface area contributed by atoms with E-state index in [1.165, 1.54) is 0 Å². The minimum absolute atomic E-state index is 0.0388. The summed E-state index contributed by atoms with van der Waals surface area (Å²) in [6.45, 7) is 5.13. The number of nitrogens with one attached hydrogen (secondary N) is 1. The van der Waals surface area contributed by atoms with Crippen LogP contribution in [0.2, 0.25) is 0 Å². The third kappa shape index (κ3) is 5.59. The molecule has 1 saturated heterocycles. The number of carbonyl (C=O) groups excluding carboxylic acids is 2. The highest BCUT2D eigenvalue weighted by Gasteiger charge is 2.33. The van der Waals surface area contributed by atoms with Crippen LogP contribution in [-0.4, -0.2) is 61.9 Å². The van der Waals surface area contributed by atoms with Gasteiger partial charge < -0.3 is 15.1 Å². The first kappa shape index (κ1) is 16.0. The second-order valence-corrected chi connectivity index (χ2v) is 5.54. The van der Waals surface area contributed by atoms with E-state index in [1.54, 1.807) is 0 Å². The summed E-state index contributed by atoms with van der Waals surface area (Å²) in [5, 5.41) is 2.91. The Morgan fingerprint density at radius 1 is 1.42 bits per heavy atom. The van der Waals surface area contributed by atoms with Crippen LogP contribution in [0.1, 0.15) is 32.6 Å². The molecule has 0 saturated carbocycles. The summed E-state index contributed by atoms with van der Waals surface area (Å²) in [5.41, 5.74) is 0. The maximum atomic E-state index is 11.9. The van der Waals surface area contributed by atoms with Gasteiger partial charge in [-0.05, 0) is 33.5 Å². The lowest BCUT2D eigenvalue weighted by Crippen LogP contribution is -2.34. The molecule has 0 bridgehead atoms. The Balaban J connectivity index is 2.29. The predicted molar refractivity (Wildman–Crippen MR) is 75.8 cm³/mol. The highest BCUT2D eigenvalue weighted by atomic mass is 16.2. The lowest BCUT2D eigenvalue weighted by atomic mass is 10.1. The minimum Gasteiger partial charge on any atom is -0.356 e. The third-order valence-electron chi connectivity index (χ3n) is 3.45. The van der Waals surface area contributed by atoms with E-state index in [4.69, 9.17) is 0 Å². The monoisotopic (exact) mass is 269 g/mol. The molecule has 0 aliphatic carbocycles. The Labute approximate surface area is 116 Å². The molecule has 110 valence electrons. The molecule has 2 amide bonds. The van der Waals surface area contributed by atoms with E-state index in [0.717, 1.165) is 38.9 Å². The van der Waals surface area contributed by atoms with Crippen LogP contribution >= 0.6 is 0 Å². The standard InChI is InChI=1S/C14H27N3O2/c1-4-5-7-15-14(19)12-10-13(18)17(11-12)9-6-8-16(2)3/h12H,4-11H2,1-3H3,(H,15,19). The number of carbonyl (C=O) groups is 2. The van der Waals surface area contributed by atoms with E-state index < -0.39 is 0 Å². The molecule has 1 unspecified atom stereocenters. The van der Waals surface area contributed by atoms with E-state index >= 15 is 0 Å². The fourth-order valence-electron chi connectivity index (χ4n) is 2.27. The van der Waals surface area contributed by atoms with Crippen LogP contribution in [0.25, 0.3) is 0 Å². The lowest BCUT2D eigenvalue weighted by molar-refractivity contribution is -0.129. The molecule has 0 aromatic rings. The quantitative estimate of drug-likeness (QED) is 0.660. The third-order valence-corrected chi connectivity index (χ3v) is 3.45. The highest BCUT2D eigenvalue weighted by Crippen LogP contribution is 2.18. The molecule has 1 aliphatic rings. The summed E-state index contributed by atoms with van der Waals surface area (Å²) in [6.07, 6.45) is 3.41. The summed E-state index contributed by atoms with van der Waals surface area (Å²) in [4.78, 5) is 27.7. The molecular formula is C14H27N3O2. The Bertz CT molecular complexity index is 305. The van der Waals surface area contributed by atoms with Gasteiger partial charge in [0.15, 0.2) is 0 Å². The van der Waals surface area contributed by atoms with Crippen molar-refractivity contribution in [3.8, 4) is 0 Å². The summed E-state index contributed by atoms with van der Waals surface area (Å²) in [5.74, 6) is 0.00928.